The van der Waals surface area contributed by atoms with E-state index in [1.54, 1.807) is 12.4 Å². The van der Waals surface area contributed by atoms with Gasteiger partial charge in [0.05, 0.1) is 11.9 Å². The quantitative estimate of drug-likeness (QED) is 0.730. The summed E-state index contributed by atoms with van der Waals surface area (Å²) in [7, 11) is 0. The predicted octanol–water partition coefficient (Wildman–Crippen LogP) is 1.13. The zero-order valence-corrected chi connectivity index (χ0v) is 18.3. The van der Waals surface area contributed by atoms with Crippen LogP contribution in [-0.2, 0) is 4.79 Å². The lowest BCUT2D eigenvalue weighted by atomic mass is 10.1. The monoisotopic (exact) mass is 456 g/mol. The molecule has 1 amide bonds. The molecule has 3 fully saturated rings. The fraction of sp³-hybridized carbons (Fsp3) is 0.688. The smallest absolute Gasteiger partial charge is 0.240 e. The summed E-state index contributed by atoms with van der Waals surface area (Å²) in [6, 6.07) is 2.32. The third-order valence-electron chi connectivity index (χ3n) is 5.14. The molecular formula is C16H27Cl3N6OS. The van der Waals surface area contributed by atoms with Crippen LogP contribution in [-0.4, -0.2) is 88.7 Å². The Morgan fingerprint density at radius 3 is 2.41 bits per heavy atom. The van der Waals surface area contributed by atoms with Crippen LogP contribution < -0.4 is 10.2 Å². The number of amides is 1. The number of carbonyl (C=O) groups is 1. The fourth-order valence-electron chi connectivity index (χ4n) is 3.73. The number of piperazine rings is 1. The van der Waals surface area contributed by atoms with Crippen molar-refractivity contribution in [3.63, 3.8) is 0 Å². The molecular weight excluding hydrogens is 431 g/mol. The second-order valence-electron chi connectivity index (χ2n) is 6.56. The van der Waals surface area contributed by atoms with Crippen LogP contribution in [0.5, 0.6) is 0 Å². The molecule has 3 saturated heterocycles. The van der Waals surface area contributed by atoms with Crippen LogP contribution in [0, 0.1) is 0 Å². The maximum absolute atomic E-state index is 12.5. The normalized spacial score (nSPS) is 25.3. The Hall–Kier alpha value is -0.510. The minimum Gasteiger partial charge on any atom is -0.338 e. The average Bonchev–Trinajstić information content (AvgIpc) is 3.34. The van der Waals surface area contributed by atoms with E-state index in [-0.39, 0.29) is 43.3 Å². The summed E-state index contributed by atoms with van der Waals surface area (Å²) in [5.41, 5.74) is 0. The zero-order valence-electron chi connectivity index (χ0n) is 15.0. The van der Waals surface area contributed by atoms with E-state index >= 15 is 0 Å². The largest absolute Gasteiger partial charge is 0.338 e. The second-order valence-corrected chi connectivity index (χ2v) is 7.64. The lowest BCUT2D eigenvalue weighted by Crippen LogP contribution is -2.51. The van der Waals surface area contributed by atoms with Crippen LogP contribution in [0.25, 0.3) is 0 Å². The molecule has 2 atom stereocenters. The Balaban J connectivity index is 0.00000121. The Kier molecular flexibility index (Phi) is 10.4. The standard InChI is InChI=1S/C16H24N6OS.3ClH/c23-15(22-8-9-24-12-22)14-10-13(11-19-14)20-4-6-21(7-5-20)16-17-2-1-3-18-16;;;/h1-3,13-14,19H,4-12H2;3*1H/t13-,14-;;;/m0.../s1. The van der Waals surface area contributed by atoms with Gasteiger partial charge in [-0.3, -0.25) is 9.69 Å². The Labute approximate surface area is 183 Å². The number of rotatable bonds is 3. The summed E-state index contributed by atoms with van der Waals surface area (Å²) in [6.07, 6.45) is 4.52. The van der Waals surface area contributed by atoms with Gasteiger partial charge in [0.2, 0.25) is 11.9 Å². The number of anilines is 1. The highest BCUT2D eigenvalue weighted by molar-refractivity contribution is 7.99. The predicted molar refractivity (Wildman–Crippen MR) is 117 cm³/mol. The molecule has 0 aliphatic carbocycles. The van der Waals surface area contributed by atoms with Gasteiger partial charge in [0.1, 0.15) is 0 Å². The number of nitrogens with zero attached hydrogens (tertiary/aromatic N) is 5. The molecule has 0 saturated carbocycles. The van der Waals surface area contributed by atoms with Crippen molar-refractivity contribution in [1.82, 2.24) is 25.1 Å². The van der Waals surface area contributed by atoms with Crippen LogP contribution >= 0.6 is 49.0 Å². The van der Waals surface area contributed by atoms with E-state index in [0.717, 1.165) is 63.3 Å². The highest BCUT2D eigenvalue weighted by Gasteiger charge is 2.36. The molecule has 7 nitrogen and oxygen atoms in total. The van der Waals surface area contributed by atoms with Crippen molar-refractivity contribution in [2.75, 3.05) is 55.8 Å². The Bertz CT molecular complexity index is 573. The van der Waals surface area contributed by atoms with Gasteiger partial charge >= 0.3 is 0 Å². The third kappa shape index (κ3) is 5.74. The minimum atomic E-state index is 0. The first kappa shape index (κ1) is 24.5. The van der Waals surface area contributed by atoms with Crippen molar-refractivity contribution in [3.8, 4) is 0 Å². The molecule has 3 aliphatic rings. The van der Waals surface area contributed by atoms with Gasteiger partial charge in [-0.05, 0) is 12.5 Å². The van der Waals surface area contributed by atoms with Crippen molar-refractivity contribution in [1.29, 1.82) is 0 Å². The first-order chi connectivity index (χ1) is 11.8. The zero-order chi connectivity index (χ0) is 16.4. The van der Waals surface area contributed by atoms with Gasteiger partial charge in [0.15, 0.2) is 0 Å². The van der Waals surface area contributed by atoms with Crippen LogP contribution in [0.2, 0.25) is 0 Å². The third-order valence-corrected chi connectivity index (χ3v) is 6.10. The van der Waals surface area contributed by atoms with E-state index in [4.69, 9.17) is 0 Å². The first-order valence-electron chi connectivity index (χ1n) is 8.67. The molecule has 0 unspecified atom stereocenters. The lowest BCUT2D eigenvalue weighted by Gasteiger charge is -2.37. The van der Waals surface area contributed by atoms with Crippen LogP contribution in [0.15, 0.2) is 18.5 Å². The van der Waals surface area contributed by atoms with E-state index in [9.17, 15) is 4.79 Å². The van der Waals surface area contributed by atoms with Gasteiger partial charge in [0, 0.05) is 63.5 Å². The van der Waals surface area contributed by atoms with Gasteiger partial charge < -0.3 is 15.1 Å². The SMILES string of the molecule is Cl.Cl.Cl.O=C([C@@H]1C[C@H](N2CCN(c3ncccn3)CC2)CN1)N1CCSC1. The van der Waals surface area contributed by atoms with Crippen LogP contribution in [0.4, 0.5) is 5.95 Å². The molecule has 154 valence electrons. The summed E-state index contributed by atoms with van der Waals surface area (Å²) in [6.45, 7) is 5.72. The van der Waals surface area contributed by atoms with Gasteiger partial charge in [-0.2, -0.15) is 0 Å². The minimum absolute atomic E-state index is 0. The van der Waals surface area contributed by atoms with Gasteiger partial charge in [-0.15, -0.1) is 49.0 Å². The van der Waals surface area contributed by atoms with E-state index < -0.39 is 0 Å². The van der Waals surface area contributed by atoms with Gasteiger partial charge in [0.25, 0.3) is 0 Å². The summed E-state index contributed by atoms with van der Waals surface area (Å²) in [4.78, 5) is 27.9. The highest BCUT2D eigenvalue weighted by atomic mass is 35.5. The van der Waals surface area contributed by atoms with Crippen molar-refractivity contribution in [2.45, 2.75) is 18.5 Å². The molecule has 0 radical (unpaired) electrons. The second kappa shape index (κ2) is 11.5. The fourth-order valence-corrected chi connectivity index (χ4v) is 4.69. The Morgan fingerprint density at radius 2 is 1.78 bits per heavy atom. The molecule has 0 spiro atoms. The molecule has 11 heteroatoms. The van der Waals surface area contributed by atoms with E-state index in [0.29, 0.717) is 11.9 Å². The topological polar surface area (TPSA) is 64.6 Å². The van der Waals surface area contributed by atoms with Crippen LogP contribution in [0.3, 0.4) is 0 Å². The highest BCUT2D eigenvalue weighted by Crippen LogP contribution is 2.21. The van der Waals surface area contributed by atoms with E-state index in [2.05, 4.69) is 25.1 Å². The maximum Gasteiger partial charge on any atom is 0.240 e. The molecule has 3 aliphatic heterocycles. The van der Waals surface area contributed by atoms with E-state index in [1.807, 2.05) is 22.7 Å². The molecule has 27 heavy (non-hydrogen) atoms. The number of thioether (sulfide) groups is 1. The molecule has 0 bridgehead atoms. The molecule has 0 aromatic carbocycles. The summed E-state index contributed by atoms with van der Waals surface area (Å²) in [5, 5.41) is 3.44. The number of hydrogen-bond acceptors (Lipinski definition) is 7. The number of carbonyl (C=O) groups excluding carboxylic acids is 1. The van der Waals surface area contributed by atoms with Crippen molar-refractivity contribution in [2.24, 2.45) is 0 Å². The van der Waals surface area contributed by atoms with Crippen LogP contribution in [0.1, 0.15) is 6.42 Å². The first-order valence-corrected chi connectivity index (χ1v) is 9.82. The van der Waals surface area contributed by atoms with Gasteiger partial charge in [-0.1, -0.05) is 0 Å². The van der Waals surface area contributed by atoms with Crippen molar-refractivity contribution in [3.05, 3.63) is 18.5 Å². The Morgan fingerprint density at radius 1 is 1.07 bits per heavy atom. The van der Waals surface area contributed by atoms with Crippen molar-refractivity contribution >= 4 is 60.8 Å². The molecule has 1 aromatic rings. The number of hydrogen-bond donors (Lipinski definition) is 1. The lowest BCUT2D eigenvalue weighted by molar-refractivity contribution is -0.131. The summed E-state index contributed by atoms with van der Waals surface area (Å²) in [5.74, 6) is 3.04. The molecule has 4 heterocycles. The van der Waals surface area contributed by atoms with Gasteiger partial charge in [-0.25, -0.2) is 9.97 Å². The van der Waals surface area contributed by atoms with E-state index in [1.165, 1.54) is 0 Å². The average molecular weight is 458 g/mol. The maximum atomic E-state index is 12.5. The summed E-state index contributed by atoms with van der Waals surface area (Å²) >= 11 is 1.85. The summed E-state index contributed by atoms with van der Waals surface area (Å²) < 4.78 is 0. The van der Waals surface area contributed by atoms with Crippen molar-refractivity contribution < 1.29 is 4.79 Å². The number of halogens is 3. The molecule has 4 rings (SSSR count). The molecule has 1 aromatic heterocycles. The molecule has 1 N–H and O–H groups in total. The number of nitrogens with one attached hydrogen (secondary N) is 1. The number of aromatic nitrogens is 2.